The van der Waals surface area contributed by atoms with Gasteiger partial charge in [0.1, 0.15) is 10.8 Å². The van der Waals surface area contributed by atoms with E-state index in [2.05, 4.69) is 4.98 Å². The molecule has 0 radical (unpaired) electrons. The number of ether oxygens (including phenoxy) is 1. The van der Waals surface area contributed by atoms with Crippen molar-refractivity contribution >= 4 is 27.3 Å². The molecule has 3 aromatic rings. The van der Waals surface area contributed by atoms with Gasteiger partial charge in [-0.3, -0.25) is 0 Å². The molecule has 2 aromatic heterocycles. The number of benzene rings is 1. The molecule has 0 atom stereocenters. The Bertz CT molecular complexity index is 1340. The van der Waals surface area contributed by atoms with E-state index in [9.17, 15) is 17.6 Å². The van der Waals surface area contributed by atoms with Gasteiger partial charge in [0.25, 0.3) is 0 Å². The fraction of sp³-hybridized carbons (Fsp3) is 0.261. The van der Waals surface area contributed by atoms with Crippen molar-refractivity contribution < 1.29 is 22.3 Å². The highest BCUT2D eigenvalue weighted by Crippen LogP contribution is 2.39. The Kier molecular flexibility index (Phi) is 6.86. The van der Waals surface area contributed by atoms with Crippen molar-refractivity contribution in [3.05, 3.63) is 65.0 Å². The van der Waals surface area contributed by atoms with Crippen LogP contribution in [0, 0.1) is 17.3 Å². The Morgan fingerprint density at radius 1 is 1.21 bits per heavy atom. The summed E-state index contributed by atoms with van der Waals surface area (Å²) in [6.45, 7) is 5.36. The number of hydrogen-bond donors (Lipinski definition) is 0. The Balaban J connectivity index is 2.06. The summed E-state index contributed by atoms with van der Waals surface area (Å²) in [7, 11) is -2.50. The number of carbonyl (C=O) groups is 1. The van der Waals surface area contributed by atoms with E-state index in [4.69, 9.17) is 10.00 Å². The van der Waals surface area contributed by atoms with E-state index < -0.39 is 27.4 Å². The molecule has 172 valence electrons. The molecule has 0 bridgehead atoms. The molecule has 0 aliphatic rings. The van der Waals surface area contributed by atoms with Crippen molar-refractivity contribution in [3.63, 3.8) is 0 Å². The van der Waals surface area contributed by atoms with Crippen molar-refractivity contribution in [3.8, 4) is 17.2 Å². The Labute approximate surface area is 196 Å². The lowest BCUT2D eigenvalue weighted by atomic mass is 10.1. The molecule has 10 heteroatoms. The molecule has 7 nitrogen and oxygen atoms in total. The topological polar surface area (TPSA) is 100 Å². The lowest BCUT2D eigenvalue weighted by Gasteiger charge is -2.30. The van der Waals surface area contributed by atoms with Gasteiger partial charge in [0.2, 0.25) is 15.8 Å². The monoisotopic (exact) mass is 487 g/mol. The maximum atomic E-state index is 14.5. The van der Waals surface area contributed by atoms with Gasteiger partial charge in [0.15, 0.2) is 0 Å². The van der Waals surface area contributed by atoms with Gasteiger partial charge in [-0.25, -0.2) is 18.2 Å². The third kappa shape index (κ3) is 5.21. The third-order valence-electron chi connectivity index (χ3n) is 4.93. The Morgan fingerprint density at radius 3 is 2.58 bits per heavy atom. The van der Waals surface area contributed by atoms with Crippen LogP contribution in [-0.4, -0.2) is 37.0 Å². The Morgan fingerprint density at radius 2 is 1.94 bits per heavy atom. The number of amides is 1. The number of carbonyl (C=O) groups excluding carboxylic acids is 1. The summed E-state index contributed by atoms with van der Waals surface area (Å²) in [6, 6.07) is 11.9. The summed E-state index contributed by atoms with van der Waals surface area (Å²) in [5, 5.41) is 9.14. The SMILES string of the molecule is CN(C(=O)OCc1cc(-c2cccnc2F)c(S(=O)(=O)c2cccc(C#N)c2)s1)C(C)(C)C. The smallest absolute Gasteiger partial charge is 0.410 e. The summed E-state index contributed by atoms with van der Waals surface area (Å²) in [5.41, 5.74) is -0.158. The number of hydrogen-bond acceptors (Lipinski definition) is 7. The third-order valence-corrected chi connectivity index (χ3v) is 8.33. The zero-order chi connectivity index (χ0) is 24.4. The highest BCUT2D eigenvalue weighted by atomic mass is 32.2. The van der Waals surface area contributed by atoms with Gasteiger partial charge in [0.05, 0.1) is 16.5 Å². The van der Waals surface area contributed by atoms with E-state index in [1.807, 2.05) is 26.8 Å². The highest BCUT2D eigenvalue weighted by molar-refractivity contribution is 7.93. The number of sulfone groups is 1. The van der Waals surface area contributed by atoms with Crippen LogP contribution in [0.3, 0.4) is 0 Å². The molecule has 33 heavy (non-hydrogen) atoms. The fourth-order valence-corrected chi connectivity index (χ4v) is 5.88. The zero-order valence-corrected chi connectivity index (χ0v) is 20.1. The predicted molar refractivity (Wildman–Crippen MR) is 122 cm³/mol. The van der Waals surface area contributed by atoms with Gasteiger partial charge in [-0.1, -0.05) is 6.07 Å². The first-order chi connectivity index (χ1) is 15.4. The predicted octanol–water partition coefficient (Wildman–Crippen LogP) is 5.02. The average molecular weight is 488 g/mol. The molecule has 0 aliphatic heterocycles. The number of rotatable bonds is 5. The van der Waals surface area contributed by atoms with E-state index in [1.54, 1.807) is 7.05 Å². The number of aromatic nitrogens is 1. The maximum Gasteiger partial charge on any atom is 0.410 e. The first kappa shape index (κ1) is 24.4. The van der Waals surface area contributed by atoms with Crippen LogP contribution in [0.5, 0.6) is 0 Å². The maximum absolute atomic E-state index is 14.5. The quantitative estimate of drug-likeness (QED) is 0.469. The number of nitriles is 1. The molecule has 0 unspecified atom stereocenters. The molecule has 0 saturated heterocycles. The molecule has 0 saturated carbocycles. The second-order valence-corrected chi connectivity index (χ2v) is 11.5. The number of nitrogens with zero attached hydrogens (tertiary/aromatic N) is 3. The standard InChI is InChI=1S/C23H22FN3O4S2/c1-23(2,3)27(4)22(28)31-14-16-12-19(18-9-6-10-26-20(18)24)21(32-16)33(29,30)17-8-5-7-15(11-17)13-25/h5-12H,14H2,1-4H3. The van der Waals surface area contributed by atoms with Crippen molar-refractivity contribution in [2.75, 3.05) is 7.05 Å². The minimum absolute atomic E-state index is 0.00755. The van der Waals surface area contributed by atoms with Crippen molar-refractivity contribution in [2.45, 2.75) is 42.0 Å². The minimum Gasteiger partial charge on any atom is -0.444 e. The summed E-state index contributed by atoms with van der Waals surface area (Å²) >= 11 is 0.878. The van der Waals surface area contributed by atoms with Crippen LogP contribution < -0.4 is 0 Å². The van der Waals surface area contributed by atoms with Crippen molar-refractivity contribution in [2.24, 2.45) is 0 Å². The lowest BCUT2D eigenvalue weighted by molar-refractivity contribution is 0.0767. The molecule has 1 amide bonds. The second kappa shape index (κ2) is 9.29. The number of thiophene rings is 1. The average Bonchev–Trinajstić information content (AvgIpc) is 3.21. The molecular weight excluding hydrogens is 465 g/mol. The van der Waals surface area contributed by atoms with E-state index >= 15 is 0 Å². The largest absolute Gasteiger partial charge is 0.444 e. The van der Waals surface area contributed by atoms with Gasteiger partial charge in [0, 0.05) is 34.8 Å². The minimum atomic E-state index is -4.10. The van der Waals surface area contributed by atoms with Gasteiger partial charge < -0.3 is 9.64 Å². The lowest BCUT2D eigenvalue weighted by Crippen LogP contribution is -2.42. The second-order valence-electron chi connectivity index (χ2n) is 8.18. The molecule has 3 rings (SSSR count). The van der Waals surface area contributed by atoms with E-state index in [0.29, 0.717) is 4.88 Å². The molecular formula is C23H22FN3O4S2. The van der Waals surface area contributed by atoms with Gasteiger partial charge in [-0.05, 0) is 57.2 Å². The summed E-state index contributed by atoms with van der Waals surface area (Å²) < 4.78 is 46.6. The number of halogens is 1. The van der Waals surface area contributed by atoms with E-state index in [0.717, 1.165) is 11.3 Å². The molecule has 1 aromatic carbocycles. The molecule has 0 fully saturated rings. The summed E-state index contributed by atoms with van der Waals surface area (Å²) in [5.74, 6) is -0.825. The van der Waals surface area contributed by atoms with Crippen LogP contribution >= 0.6 is 11.3 Å². The van der Waals surface area contributed by atoms with Crippen LogP contribution in [0.2, 0.25) is 0 Å². The normalized spacial score (nSPS) is 11.6. The highest BCUT2D eigenvalue weighted by Gasteiger charge is 2.28. The van der Waals surface area contributed by atoms with Crippen LogP contribution in [0.1, 0.15) is 31.2 Å². The number of pyridine rings is 1. The summed E-state index contributed by atoms with van der Waals surface area (Å²) in [6.07, 6.45) is 0.692. The first-order valence-corrected chi connectivity index (χ1v) is 12.1. The van der Waals surface area contributed by atoms with Crippen LogP contribution in [0.4, 0.5) is 9.18 Å². The van der Waals surface area contributed by atoms with Crippen LogP contribution in [0.15, 0.2) is 57.8 Å². The first-order valence-electron chi connectivity index (χ1n) is 9.84. The van der Waals surface area contributed by atoms with E-state index in [1.165, 1.54) is 53.6 Å². The van der Waals surface area contributed by atoms with E-state index in [-0.39, 0.29) is 32.4 Å². The summed E-state index contributed by atoms with van der Waals surface area (Å²) in [4.78, 5) is 17.7. The van der Waals surface area contributed by atoms with Crippen LogP contribution in [-0.2, 0) is 21.2 Å². The fourth-order valence-electron chi connectivity index (χ4n) is 2.81. The van der Waals surface area contributed by atoms with Gasteiger partial charge >= 0.3 is 6.09 Å². The van der Waals surface area contributed by atoms with Crippen molar-refractivity contribution in [1.82, 2.24) is 9.88 Å². The van der Waals surface area contributed by atoms with Gasteiger partial charge in [-0.2, -0.15) is 9.65 Å². The Hall–Kier alpha value is -3.29. The molecule has 2 heterocycles. The molecule has 0 N–H and O–H groups in total. The molecule has 0 aliphatic carbocycles. The zero-order valence-electron chi connectivity index (χ0n) is 18.5. The van der Waals surface area contributed by atoms with Crippen molar-refractivity contribution in [1.29, 1.82) is 5.26 Å². The van der Waals surface area contributed by atoms with Crippen LogP contribution in [0.25, 0.3) is 11.1 Å². The van der Waals surface area contributed by atoms with Gasteiger partial charge in [-0.15, -0.1) is 11.3 Å². The molecule has 0 spiro atoms.